The molecule has 82 valence electrons. The molecule has 3 heteroatoms. The number of nitrogens with zero attached hydrogens (tertiary/aromatic N) is 1. The second-order valence-electron chi connectivity index (χ2n) is 3.93. The summed E-state index contributed by atoms with van der Waals surface area (Å²) in [6.45, 7) is 6.04. The topological polar surface area (TPSA) is 42.0 Å². The molecule has 1 amide bonds. The average Bonchev–Trinajstić information content (AvgIpc) is 2.26. The van der Waals surface area contributed by atoms with Crippen LogP contribution < -0.4 is 5.32 Å². The van der Waals surface area contributed by atoms with E-state index in [2.05, 4.69) is 24.1 Å². The third-order valence-corrected chi connectivity index (χ3v) is 2.35. The quantitative estimate of drug-likeness (QED) is 0.821. The molecule has 0 radical (unpaired) electrons. The molecule has 0 spiro atoms. The molecule has 0 aliphatic carbocycles. The molecule has 0 saturated carbocycles. The van der Waals surface area contributed by atoms with Gasteiger partial charge in [0.1, 0.15) is 0 Å². The number of carbonyl (C=O) groups excluding carboxylic acids is 1. The second-order valence-corrected chi connectivity index (χ2v) is 3.93. The van der Waals surface area contributed by atoms with Gasteiger partial charge in [0.05, 0.1) is 6.04 Å². The molecule has 0 aliphatic rings. The summed E-state index contributed by atoms with van der Waals surface area (Å²) in [7, 11) is 0. The molecular formula is C12H18N2O. The highest BCUT2D eigenvalue weighted by molar-refractivity contribution is 5.76. The zero-order chi connectivity index (χ0) is 11.3. The van der Waals surface area contributed by atoms with Crippen molar-refractivity contribution in [3.8, 4) is 0 Å². The molecule has 15 heavy (non-hydrogen) atoms. The first-order valence-electron chi connectivity index (χ1n) is 5.34. The summed E-state index contributed by atoms with van der Waals surface area (Å²) < 4.78 is 0. The molecule has 1 atom stereocenters. The highest BCUT2D eigenvalue weighted by Gasteiger charge is 2.17. The Kier molecular flexibility index (Phi) is 4.28. The van der Waals surface area contributed by atoms with E-state index in [4.69, 9.17) is 0 Å². The zero-order valence-electron chi connectivity index (χ0n) is 9.53. The van der Waals surface area contributed by atoms with Crippen molar-refractivity contribution >= 4 is 5.91 Å². The number of hydrogen-bond donors (Lipinski definition) is 1. The van der Waals surface area contributed by atoms with Crippen LogP contribution in [0.25, 0.3) is 0 Å². The van der Waals surface area contributed by atoms with Gasteiger partial charge >= 0.3 is 0 Å². The Morgan fingerprint density at radius 1 is 1.53 bits per heavy atom. The fourth-order valence-electron chi connectivity index (χ4n) is 1.47. The molecule has 1 heterocycles. The molecule has 0 bridgehead atoms. The summed E-state index contributed by atoms with van der Waals surface area (Å²) >= 11 is 0. The number of hydrogen-bond acceptors (Lipinski definition) is 2. The summed E-state index contributed by atoms with van der Waals surface area (Å²) in [5.41, 5.74) is 1.06. The van der Waals surface area contributed by atoms with Gasteiger partial charge in [-0.2, -0.15) is 0 Å². The molecule has 0 aromatic carbocycles. The summed E-state index contributed by atoms with van der Waals surface area (Å²) in [5, 5.41) is 3.00. The molecule has 3 nitrogen and oxygen atoms in total. The van der Waals surface area contributed by atoms with E-state index < -0.39 is 0 Å². The summed E-state index contributed by atoms with van der Waals surface area (Å²) in [6.07, 6.45) is 4.06. The van der Waals surface area contributed by atoms with E-state index in [1.54, 1.807) is 12.4 Å². The van der Waals surface area contributed by atoms with E-state index in [0.717, 1.165) is 5.56 Å². The van der Waals surface area contributed by atoms with Crippen LogP contribution in [0.15, 0.2) is 24.5 Å². The largest absolute Gasteiger partial charge is 0.349 e. The van der Waals surface area contributed by atoms with E-state index in [1.807, 2.05) is 19.1 Å². The maximum absolute atomic E-state index is 11.4. The van der Waals surface area contributed by atoms with Crippen molar-refractivity contribution < 1.29 is 4.79 Å². The first-order valence-corrected chi connectivity index (χ1v) is 5.34. The number of carbonyl (C=O) groups is 1. The van der Waals surface area contributed by atoms with E-state index in [1.165, 1.54) is 0 Å². The van der Waals surface area contributed by atoms with Crippen LogP contribution in [0.3, 0.4) is 0 Å². The minimum absolute atomic E-state index is 0.0612. The lowest BCUT2D eigenvalue weighted by atomic mass is 9.97. The van der Waals surface area contributed by atoms with Gasteiger partial charge in [0.25, 0.3) is 0 Å². The zero-order valence-corrected chi connectivity index (χ0v) is 9.53. The van der Waals surface area contributed by atoms with Crippen LogP contribution in [-0.2, 0) is 4.79 Å². The Morgan fingerprint density at radius 3 is 2.73 bits per heavy atom. The number of amides is 1. The van der Waals surface area contributed by atoms with Crippen molar-refractivity contribution in [3.05, 3.63) is 30.1 Å². The van der Waals surface area contributed by atoms with Crippen LogP contribution >= 0.6 is 0 Å². The lowest BCUT2D eigenvalue weighted by Gasteiger charge is -2.22. The van der Waals surface area contributed by atoms with Crippen LogP contribution in [-0.4, -0.2) is 10.9 Å². The van der Waals surface area contributed by atoms with Crippen molar-refractivity contribution in [1.29, 1.82) is 0 Å². The van der Waals surface area contributed by atoms with Crippen molar-refractivity contribution in [3.63, 3.8) is 0 Å². The van der Waals surface area contributed by atoms with Gasteiger partial charge in [0, 0.05) is 18.8 Å². The smallest absolute Gasteiger partial charge is 0.220 e. The van der Waals surface area contributed by atoms with Gasteiger partial charge in [-0.1, -0.05) is 26.8 Å². The number of aromatic nitrogens is 1. The number of pyridine rings is 1. The van der Waals surface area contributed by atoms with Crippen LogP contribution in [0.4, 0.5) is 0 Å². The molecule has 1 rings (SSSR count). The van der Waals surface area contributed by atoms with Crippen LogP contribution in [0, 0.1) is 5.92 Å². The monoisotopic (exact) mass is 206 g/mol. The van der Waals surface area contributed by atoms with Crippen molar-refractivity contribution in [1.82, 2.24) is 10.3 Å². The summed E-state index contributed by atoms with van der Waals surface area (Å²) in [5.74, 6) is 0.447. The van der Waals surface area contributed by atoms with Crippen molar-refractivity contribution in [2.45, 2.75) is 33.2 Å². The van der Waals surface area contributed by atoms with Gasteiger partial charge in [0.15, 0.2) is 0 Å². The Labute approximate surface area is 90.9 Å². The molecule has 1 N–H and O–H groups in total. The van der Waals surface area contributed by atoms with Gasteiger partial charge in [-0.3, -0.25) is 9.78 Å². The fraction of sp³-hybridized carbons (Fsp3) is 0.500. The van der Waals surface area contributed by atoms with Crippen molar-refractivity contribution in [2.24, 2.45) is 5.92 Å². The Morgan fingerprint density at radius 2 is 2.27 bits per heavy atom. The predicted octanol–water partition coefficient (Wildman–Crippen LogP) is 2.30. The molecule has 0 fully saturated rings. The van der Waals surface area contributed by atoms with E-state index in [9.17, 15) is 4.79 Å². The van der Waals surface area contributed by atoms with Gasteiger partial charge in [-0.15, -0.1) is 0 Å². The summed E-state index contributed by atoms with van der Waals surface area (Å²) in [6, 6.07) is 3.95. The predicted molar refractivity (Wildman–Crippen MR) is 60.2 cm³/mol. The van der Waals surface area contributed by atoms with E-state index >= 15 is 0 Å². The average molecular weight is 206 g/mol. The molecule has 0 saturated heterocycles. The Bertz CT molecular complexity index is 309. The second kappa shape index (κ2) is 5.49. The van der Waals surface area contributed by atoms with E-state index in [0.29, 0.717) is 12.3 Å². The minimum atomic E-state index is 0.0612. The molecular weight excluding hydrogens is 188 g/mol. The van der Waals surface area contributed by atoms with Crippen LogP contribution in [0.5, 0.6) is 0 Å². The number of rotatable bonds is 4. The highest BCUT2D eigenvalue weighted by Crippen LogP contribution is 2.20. The lowest BCUT2D eigenvalue weighted by Crippen LogP contribution is -2.31. The van der Waals surface area contributed by atoms with Gasteiger partial charge in [0.2, 0.25) is 5.91 Å². The third kappa shape index (κ3) is 3.35. The highest BCUT2D eigenvalue weighted by atomic mass is 16.1. The van der Waals surface area contributed by atoms with Crippen molar-refractivity contribution in [2.75, 3.05) is 0 Å². The number of nitrogens with one attached hydrogen (secondary N) is 1. The van der Waals surface area contributed by atoms with Crippen LogP contribution in [0.2, 0.25) is 0 Å². The van der Waals surface area contributed by atoms with Gasteiger partial charge in [-0.25, -0.2) is 0 Å². The Hall–Kier alpha value is -1.38. The molecule has 1 aromatic heterocycles. The molecule has 0 aliphatic heterocycles. The maximum Gasteiger partial charge on any atom is 0.220 e. The van der Waals surface area contributed by atoms with Crippen LogP contribution in [0.1, 0.15) is 38.8 Å². The van der Waals surface area contributed by atoms with Gasteiger partial charge < -0.3 is 5.32 Å². The first-order chi connectivity index (χ1) is 7.15. The Balaban J connectivity index is 2.79. The lowest BCUT2D eigenvalue weighted by molar-refractivity contribution is -0.121. The molecule has 1 aromatic rings. The standard InChI is InChI=1S/C12H18N2O/c1-4-11(15)14-12(9(2)3)10-6-5-7-13-8-10/h5-9,12H,4H2,1-3H3,(H,14,15)/t12-/m0/s1. The first kappa shape index (κ1) is 11.7. The van der Waals surface area contributed by atoms with Gasteiger partial charge in [-0.05, 0) is 17.5 Å². The summed E-state index contributed by atoms with van der Waals surface area (Å²) in [4.78, 5) is 15.4. The normalized spacial score (nSPS) is 12.5. The molecule has 0 unspecified atom stereocenters. The minimum Gasteiger partial charge on any atom is -0.349 e. The third-order valence-electron chi connectivity index (χ3n) is 2.35. The fourth-order valence-corrected chi connectivity index (χ4v) is 1.47. The van der Waals surface area contributed by atoms with E-state index in [-0.39, 0.29) is 11.9 Å². The SMILES string of the molecule is CCC(=O)N[C@H](c1cccnc1)C(C)C. The maximum atomic E-state index is 11.4.